The minimum Gasteiger partial charge on any atom is -0.385 e. The van der Waals surface area contributed by atoms with E-state index in [0.717, 1.165) is 17.0 Å². The van der Waals surface area contributed by atoms with Crippen LogP contribution in [0.4, 0.5) is 0 Å². The van der Waals surface area contributed by atoms with E-state index in [2.05, 4.69) is 10.4 Å². The topological polar surface area (TPSA) is 82.2 Å². The standard InChI is InChI=1S/C12H22N4O2/c1-8-10(9(2)16(3)15-8)7-14-12(17)11(13)5-6-18-4/h11H,5-7,13H2,1-4H3,(H,14,17). The van der Waals surface area contributed by atoms with Crippen LogP contribution in [0.15, 0.2) is 0 Å². The number of hydrogen-bond acceptors (Lipinski definition) is 4. The highest BCUT2D eigenvalue weighted by Crippen LogP contribution is 2.11. The summed E-state index contributed by atoms with van der Waals surface area (Å²) in [6.07, 6.45) is 0.521. The predicted octanol–water partition coefficient (Wildman–Crippen LogP) is 0.0169. The first-order valence-corrected chi connectivity index (χ1v) is 5.98. The summed E-state index contributed by atoms with van der Waals surface area (Å²) in [6, 6.07) is -0.526. The number of ether oxygens (including phenoxy) is 1. The van der Waals surface area contributed by atoms with E-state index >= 15 is 0 Å². The first-order chi connectivity index (χ1) is 8.47. The van der Waals surface area contributed by atoms with Crippen LogP contribution in [0.1, 0.15) is 23.4 Å². The Hall–Kier alpha value is -1.40. The largest absolute Gasteiger partial charge is 0.385 e. The lowest BCUT2D eigenvalue weighted by atomic mass is 10.1. The number of nitrogens with zero attached hydrogens (tertiary/aromatic N) is 2. The monoisotopic (exact) mass is 254 g/mol. The minimum absolute atomic E-state index is 0.158. The Morgan fingerprint density at radius 1 is 1.56 bits per heavy atom. The van der Waals surface area contributed by atoms with Crippen LogP contribution >= 0.6 is 0 Å². The smallest absolute Gasteiger partial charge is 0.237 e. The summed E-state index contributed by atoms with van der Waals surface area (Å²) in [5, 5.41) is 7.13. The Labute approximate surface area is 107 Å². The van der Waals surface area contributed by atoms with Crippen LogP contribution in [0.25, 0.3) is 0 Å². The molecule has 0 fully saturated rings. The van der Waals surface area contributed by atoms with Crippen molar-refractivity contribution in [2.24, 2.45) is 12.8 Å². The van der Waals surface area contributed by atoms with E-state index < -0.39 is 6.04 Å². The molecule has 0 saturated heterocycles. The van der Waals surface area contributed by atoms with Crippen LogP contribution in [0.5, 0.6) is 0 Å². The number of hydrogen-bond donors (Lipinski definition) is 2. The molecule has 1 aromatic heterocycles. The van der Waals surface area contributed by atoms with Crippen molar-refractivity contribution >= 4 is 5.91 Å². The first kappa shape index (κ1) is 14.7. The summed E-state index contributed by atoms with van der Waals surface area (Å²) >= 11 is 0. The summed E-state index contributed by atoms with van der Waals surface area (Å²) in [5.74, 6) is -0.158. The second-order valence-electron chi connectivity index (χ2n) is 4.38. The van der Waals surface area contributed by atoms with E-state index in [-0.39, 0.29) is 5.91 Å². The van der Waals surface area contributed by atoms with Crippen LogP contribution in [0.2, 0.25) is 0 Å². The van der Waals surface area contributed by atoms with E-state index in [1.54, 1.807) is 7.11 Å². The van der Waals surface area contributed by atoms with Crippen molar-refractivity contribution in [3.05, 3.63) is 17.0 Å². The Kier molecular flexibility index (Phi) is 5.30. The first-order valence-electron chi connectivity index (χ1n) is 5.98. The molecule has 0 aliphatic carbocycles. The van der Waals surface area contributed by atoms with Gasteiger partial charge in [-0.15, -0.1) is 0 Å². The molecule has 3 N–H and O–H groups in total. The normalized spacial score (nSPS) is 12.5. The lowest BCUT2D eigenvalue weighted by Crippen LogP contribution is -2.41. The molecule has 6 heteroatoms. The molecule has 18 heavy (non-hydrogen) atoms. The van der Waals surface area contributed by atoms with Gasteiger partial charge in [-0.1, -0.05) is 0 Å². The number of nitrogens with one attached hydrogen (secondary N) is 1. The van der Waals surface area contributed by atoms with Crippen molar-refractivity contribution in [1.29, 1.82) is 0 Å². The van der Waals surface area contributed by atoms with Crippen molar-refractivity contribution in [3.63, 3.8) is 0 Å². The number of aromatic nitrogens is 2. The molecular weight excluding hydrogens is 232 g/mol. The van der Waals surface area contributed by atoms with Gasteiger partial charge in [0.2, 0.25) is 5.91 Å². The predicted molar refractivity (Wildman–Crippen MR) is 69.0 cm³/mol. The quantitative estimate of drug-likeness (QED) is 0.749. The molecule has 102 valence electrons. The Morgan fingerprint density at radius 3 is 2.72 bits per heavy atom. The minimum atomic E-state index is -0.526. The molecule has 0 saturated carbocycles. The van der Waals surface area contributed by atoms with E-state index in [1.165, 1.54) is 0 Å². The zero-order chi connectivity index (χ0) is 13.7. The van der Waals surface area contributed by atoms with Gasteiger partial charge in [-0.2, -0.15) is 5.10 Å². The van der Waals surface area contributed by atoms with Gasteiger partial charge >= 0.3 is 0 Å². The highest BCUT2D eigenvalue weighted by atomic mass is 16.5. The Morgan fingerprint density at radius 2 is 2.22 bits per heavy atom. The van der Waals surface area contributed by atoms with Crippen LogP contribution in [0, 0.1) is 13.8 Å². The van der Waals surface area contributed by atoms with Gasteiger partial charge in [0, 0.05) is 38.6 Å². The fourth-order valence-corrected chi connectivity index (χ4v) is 1.76. The van der Waals surface area contributed by atoms with Gasteiger partial charge in [-0.3, -0.25) is 9.48 Å². The third-order valence-electron chi connectivity index (χ3n) is 3.07. The maximum atomic E-state index is 11.7. The number of carbonyl (C=O) groups excluding carboxylic acids is 1. The van der Waals surface area contributed by atoms with Crippen LogP contribution in [-0.2, 0) is 23.1 Å². The van der Waals surface area contributed by atoms with Crippen molar-refractivity contribution < 1.29 is 9.53 Å². The Balaban J connectivity index is 2.52. The molecule has 1 rings (SSSR count). The van der Waals surface area contributed by atoms with Gasteiger partial charge in [0.25, 0.3) is 0 Å². The molecule has 1 unspecified atom stereocenters. The summed E-state index contributed by atoms with van der Waals surface area (Å²) in [6.45, 7) is 4.86. The molecule has 0 aliphatic heterocycles. The molecule has 0 aromatic carbocycles. The number of nitrogens with two attached hydrogens (primary N) is 1. The number of amides is 1. The van der Waals surface area contributed by atoms with Gasteiger partial charge in [-0.05, 0) is 20.3 Å². The number of rotatable bonds is 6. The molecular formula is C12H22N4O2. The van der Waals surface area contributed by atoms with Crippen molar-refractivity contribution in [1.82, 2.24) is 15.1 Å². The van der Waals surface area contributed by atoms with Crippen LogP contribution < -0.4 is 11.1 Å². The fourth-order valence-electron chi connectivity index (χ4n) is 1.76. The molecule has 1 aromatic rings. The van der Waals surface area contributed by atoms with Gasteiger partial charge in [0.15, 0.2) is 0 Å². The van der Waals surface area contributed by atoms with E-state index in [1.807, 2.05) is 25.6 Å². The second-order valence-corrected chi connectivity index (χ2v) is 4.38. The van der Waals surface area contributed by atoms with E-state index in [0.29, 0.717) is 19.6 Å². The second kappa shape index (κ2) is 6.51. The molecule has 1 atom stereocenters. The van der Waals surface area contributed by atoms with Gasteiger partial charge in [0.1, 0.15) is 0 Å². The van der Waals surface area contributed by atoms with Crippen molar-refractivity contribution in [3.8, 4) is 0 Å². The van der Waals surface area contributed by atoms with Crippen LogP contribution in [-0.4, -0.2) is 35.4 Å². The third kappa shape index (κ3) is 3.54. The average molecular weight is 254 g/mol. The van der Waals surface area contributed by atoms with Gasteiger partial charge in [-0.25, -0.2) is 0 Å². The Bertz CT molecular complexity index is 414. The highest BCUT2D eigenvalue weighted by molar-refractivity contribution is 5.81. The summed E-state index contributed by atoms with van der Waals surface area (Å²) in [7, 11) is 3.48. The molecule has 1 amide bonds. The maximum Gasteiger partial charge on any atom is 0.237 e. The lowest BCUT2D eigenvalue weighted by Gasteiger charge is -2.11. The molecule has 0 spiro atoms. The molecule has 0 radical (unpaired) electrons. The number of carbonyl (C=O) groups is 1. The molecule has 1 heterocycles. The zero-order valence-corrected chi connectivity index (χ0v) is 11.5. The zero-order valence-electron chi connectivity index (χ0n) is 11.5. The fraction of sp³-hybridized carbons (Fsp3) is 0.667. The van der Waals surface area contributed by atoms with Crippen molar-refractivity contribution in [2.45, 2.75) is 32.9 Å². The van der Waals surface area contributed by atoms with E-state index in [9.17, 15) is 4.79 Å². The van der Waals surface area contributed by atoms with Gasteiger partial charge < -0.3 is 15.8 Å². The molecule has 6 nitrogen and oxygen atoms in total. The SMILES string of the molecule is COCCC(N)C(=O)NCc1c(C)nn(C)c1C. The summed E-state index contributed by atoms with van der Waals surface area (Å²) in [5.41, 5.74) is 8.77. The lowest BCUT2D eigenvalue weighted by molar-refractivity contribution is -0.122. The molecule has 0 bridgehead atoms. The summed E-state index contributed by atoms with van der Waals surface area (Å²) < 4.78 is 6.70. The van der Waals surface area contributed by atoms with Crippen LogP contribution in [0.3, 0.4) is 0 Å². The molecule has 0 aliphatic rings. The summed E-state index contributed by atoms with van der Waals surface area (Å²) in [4.78, 5) is 11.7. The number of methoxy groups -OCH3 is 1. The maximum absolute atomic E-state index is 11.7. The highest BCUT2D eigenvalue weighted by Gasteiger charge is 2.15. The van der Waals surface area contributed by atoms with E-state index in [4.69, 9.17) is 10.5 Å². The number of aryl methyl sites for hydroxylation is 2. The average Bonchev–Trinajstić information content (AvgIpc) is 2.58. The third-order valence-corrected chi connectivity index (χ3v) is 3.07. The van der Waals surface area contributed by atoms with Crippen molar-refractivity contribution in [2.75, 3.05) is 13.7 Å². The van der Waals surface area contributed by atoms with Gasteiger partial charge in [0.05, 0.1) is 11.7 Å².